The monoisotopic (exact) mass is 574 g/mol. The maximum absolute atomic E-state index is 12.5. The van der Waals surface area contributed by atoms with Gasteiger partial charge in [-0.25, -0.2) is 4.83 Å². The molecule has 2 atom stereocenters. The van der Waals surface area contributed by atoms with Crippen LogP contribution in [0.1, 0.15) is 29.7 Å². The summed E-state index contributed by atoms with van der Waals surface area (Å²) in [6.45, 7) is 3.55. The molecule has 12 heteroatoms. The molecule has 2 N–H and O–H groups in total. The van der Waals surface area contributed by atoms with E-state index in [1.54, 1.807) is 43.3 Å². The smallest absolute Gasteiger partial charge is 0.276 e. The number of hydrogen-bond donors (Lipinski definition) is 2. The average molecular weight is 575 g/mol. The molecule has 0 amide bonds. The van der Waals surface area contributed by atoms with Crippen LogP contribution in [-0.2, 0) is 10.0 Å². The van der Waals surface area contributed by atoms with Crippen LogP contribution in [0.15, 0.2) is 58.5 Å². The first-order valence-corrected chi connectivity index (χ1v) is 13.6. The SMILES string of the molecule is COc1cc([C@@H](O)[C@@H](C)Oc2c(OC)cc(/C=N/NS(=O)(=O)c3ccc(C)cc3)cc2OC)cc(OC)c1OC. The molecule has 40 heavy (non-hydrogen) atoms. The predicted octanol–water partition coefficient (Wildman–Crippen LogP) is 3.85. The number of hydrogen-bond acceptors (Lipinski definition) is 10. The van der Waals surface area contributed by atoms with Crippen LogP contribution in [0.3, 0.4) is 0 Å². The third kappa shape index (κ3) is 6.88. The van der Waals surface area contributed by atoms with E-state index in [4.69, 9.17) is 28.4 Å². The zero-order valence-corrected chi connectivity index (χ0v) is 24.2. The molecule has 0 heterocycles. The summed E-state index contributed by atoms with van der Waals surface area (Å²) in [5.41, 5.74) is 1.89. The highest BCUT2D eigenvalue weighted by Crippen LogP contribution is 2.42. The molecular weight excluding hydrogens is 540 g/mol. The Morgan fingerprint density at radius 2 is 1.30 bits per heavy atom. The lowest BCUT2D eigenvalue weighted by atomic mass is 10.0. The summed E-state index contributed by atoms with van der Waals surface area (Å²) in [6, 6.07) is 12.9. The van der Waals surface area contributed by atoms with Gasteiger partial charge in [0.2, 0.25) is 11.5 Å². The molecule has 0 aromatic heterocycles. The van der Waals surface area contributed by atoms with Crippen LogP contribution in [-0.4, -0.2) is 61.4 Å². The second kappa shape index (κ2) is 13.3. The zero-order chi connectivity index (χ0) is 29.4. The highest BCUT2D eigenvalue weighted by Gasteiger charge is 2.25. The lowest BCUT2D eigenvalue weighted by Crippen LogP contribution is -2.22. The van der Waals surface area contributed by atoms with Crippen molar-refractivity contribution in [1.29, 1.82) is 0 Å². The highest BCUT2D eigenvalue weighted by molar-refractivity contribution is 7.89. The van der Waals surface area contributed by atoms with E-state index in [2.05, 4.69) is 9.93 Å². The molecule has 0 saturated heterocycles. The van der Waals surface area contributed by atoms with Gasteiger partial charge in [0.15, 0.2) is 23.0 Å². The number of nitrogens with one attached hydrogen (secondary N) is 1. The first kappa shape index (κ1) is 30.4. The topological polar surface area (TPSA) is 134 Å². The van der Waals surface area contributed by atoms with Crippen molar-refractivity contribution in [2.45, 2.75) is 31.0 Å². The largest absolute Gasteiger partial charge is 0.493 e. The Hall–Kier alpha value is -4.16. The van der Waals surface area contributed by atoms with Gasteiger partial charge in [0.1, 0.15) is 12.2 Å². The number of benzene rings is 3. The molecule has 11 nitrogen and oxygen atoms in total. The van der Waals surface area contributed by atoms with E-state index in [9.17, 15) is 13.5 Å². The Morgan fingerprint density at radius 3 is 1.77 bits per heavy atom. The lowest BCUT2D eigenvalue weighted by molar-refractivity contribution is 0.0431. The number of hydrazone groups is 1. The molecule has 0 bridgehead atoms. The van der Waals surface area contributed by atoms with E-state index < -0.39 is 22.2 Å². The van der Waals surface area contributed by atoms with Gasteiger partial charge in [-0.2, -0.15) is 13.5 Å². The van der Waals surface area contributed by atoms with Crippen molar-refractivity contribution in [3.8, 4) is 34.5 Å². The van der Waals surface area contributed by atoms with Gasteiger partial charge in [-0.15, -0.1) is 0 Å². The average Bonchev–Trinajstić information content (AvgIpc) is 2.96. The van der Waals surface area contributed by atoms with Gasteiger partial charge in [-0.05, 0) is 55.8 Å². The number of aliphatic hydroxyl groups excluding tert-OH is 1. The summed E-state index contributed by atoms with van der Waals surface area (Å²) in [7, 11) is 3.52. The van der Waals surface area contributed by atoms with Crippen molar-refractivity contribution in [1.82, 2.24) is 4.83 Å². The molecule has 0 aliphatic rings. The zero-order valence-electron chi connectivity index (χ0n) is 23.4. The molecule has 0 spiro atoms. The molecule has 0 saturated carbocycles. The van der Waals surface area contributed by atoms with Crippen molar-refractivity contribution in [3.05, 3.63) is 65.2 Å². The molecular formula is C28H34N2O9S. The van der Waals surface area contributed by atoms with Crippen LogP contribution in [0.25, 0.3) is 0 Å². The van der Waals surface area contributed by atoms with Crippen LogP contribution in [0.2, 0.25) is 0 Å². The van der Waals surface area contributed by atoms with E-state index in [1.165, 1.54) is 53.9 Å². The molecule has 0 unspecified atom stereocenters. The summed E-state index contributed by atoms with van der Waals surface area (Å²) in [5.74, 6) is 1.98. The van der Waals surface area contributed by atoms with Crippen molar-refractivity contribution in [2.24, 2.45) is 5.10 Å². The van der Waals surface area contributed by atoms with Crippen molar-refractivity contribution in [2.75, 3.05) is 35.5 Å². The predicted molar refractivity (Wildman–Crippen MR) is 150 cm³/mol. The summed E-state index contributed by atoms with van der Waals surface area (Å²) >= 11 is 0. The number of nitrogens with zero attached hydrogens (tertiary/aromatic N) is 1. The van der Waals surface area contributed by atoms with E-state index in [1.807, 2.05) is 6.92 Å². The first-order chi connectivity index (χ1) is 19.1. The van der Waals surface area contributed by atoms with Gasteiger partial charge in [0.05, 0.1) is 46.7 Å². The van der Waals surface area contributed by atoms with E-state index in [-0.39, 0.29) is 22.1 Å². The third-order valence-electron chi connectivity index (χ3n) is 5.98. The van der Waals surface area contributed by atoms with Gasteiger partial charge >= 0.3 is 0 Å². The van der Waals surface area contributed by atoms with E-state index >= 15 is 0 Å². The molecule has 0 aliphatic carbocycles. The number of methoxy groups -OCH3 is 5. The van der Waals surface area contributed by atoms with Gasteiger partial charge in [0.25, 0.3) is 10.0 Å². The molecule has 0 fully saturated rings. The van der Waals surface area contributed by atoms with E-state index in [0.717, 1.165) is 5.56 Å². The number of aryl methyl sites for hydroxylation is 1. The van der Waals surface area contributed by atoms with Crippen LogP contribution in [0.5, 0.6) is 34.5 Å². The van der Waals surface area contributed by atoms with Gasteiger partial charge < -0.3 is 33.5 Å². The van der Waals surface area contributed by atoms with Crippen molar-refractivity contribution >= 4 is 16.2 Å². The summed E-state index contributed by atoms with van der Waals surface area (Å²) in [4.78, 5) is 2.28. The number of aliphatic hydroxyl groups is 1. The minimum atomic E-state index is -3.84. The Balaban J connectivity index is 1.84. The summed E-state index contributed by atoms with van der Waals surface area (Å²) < 4.78 is 58.2. The number of rotatable bonds is 13. The first-order valence-electron chi connectivity index (χ1n) is 12.1. The van der Waals surface area contributed by atoms with Crippen molar-refractivity contribution in [3.63, 3.8) is 0 Å². The Kier molecular flexibility index (Phi) is 10.1. The minimum absolute atomic E-state index is 0.0915. The lowest BCUT2D eigenvalue weighted by Gasteiger charge is -2.24. The Morgan fingerprint density at radius 1 is 0.800 bits per heavy atom. The fourth-order valence-electron chi connectivity index (χ4n) is 3.82. The normalized spacial score (nSPS) is 12.9. The quantitative estimate of drug-likeness (QED) is 0.231. The number of sulfonamides is 1. The second-order valence-electron chi connectivity index (χ2n) is 8.65. The Labute approximate surface area is 234 Å². The molecule has 3 rings (SSSR count). The fourth-order valence-corrected chi connectivity index (χ4v) is 4.62. The van der Waals surface area contributed by atoms with Crippen LogP contribution in [0, 0.1) is 6.92 Å². The summed E-state index contributed by atoms with van der Waals surface area (Å²) in [6.07, 6.45) is -0.554. The third-order valence-corrected chi connectivity index (χ3v) is 7.22. The van der Waals surface area contributed by atoms with E-state index in [0.29, 0.717) is 28.4 Å². The van der Waals surface area contributed by atoms with Crippen LogP contribution >= 0.6 is 0 Å². The maximum atomic E-state index is 12.5. The minimum Gasteiger partial charge on any atom is -0.493 e. The van der Waals surface area contributed by atoms with Crippen molar-refractivity contribution < 1.29 is 41.9 Å². The van der Waals surface area contributed by atoms with Gasteiger partial charge in [-0.1, -0.05) is 17.7 Å². The molecule has 0 radical (unpaired) electrons. The molecule has 3 aromatic carbocycles. The molecule has 0 aliphatic heterocycles. The Bertz CT molecular complexity index is 1390. The fraction of sp³-hybridized carbons (Fsp3) is 0.321. The number of ether oxygens (including phenoxy) is 6. The van der Waals surface area contributed by atoms with Gasteiger partial charge in [-0.3, -0.25) is 0 Å². The summed E-state index contributed by atoms with van der Waals surface area (Å²) in [5, 5.41) is 15.0. The molecule has 216 valence electrons. The molecule has 3 aromatic rings. The highest BCUT2D eigenvalue weighted by atomic mass is 32.2. The second-order valence-corrected chi connectivity index (χ2v) is 10.3. The maximum Gasteiger partial charge on any atom is 0.276 e. The van der Waals surface area contributed by atoms with Crippen LogP contribution < -0.4 is 33.3 Å². The van der Waals surface area contributed by atoms with Gasteiger partial charge in [0, 0.05) is 5.56 Å². The van der Waals surface area contributed by atoms with Crippen LogP contribution in [0.4, 0.5) is 0 Å². The standard InChI is InChI=1S/C28H34N2O9S/c1-17-8-10-21(11-9-17)40(32,33)30-29-16-19-12-22(34-3)28(23(13-19)35-4)39-18(2)26(31)20-14-24(36-5)27(38-7)25(15-20)37-6/h8-16,18,26,30-31H,1-7H3/b29-16+/t18-,26+/m1/s1.